The maximum atomic E-state index is 11.6. The fourth-order valence-corrected chi connectivity index (χ4v) is 3.36. The monoisotopic (exact) mass is 367 g/mol. The van der Waals surface area contributed by atoms with E-state index in [1.54, 1.807) is 0 Å². The Morgan fingerprint density at radius 1 is 1.18 bits per heavy atom. The second kappa shape index (κ2) is 4.61. The van der Waals surface area contributed by atoms with E-state index in [4.69, 9.17) is 0 Å². The first-order valence-electron chi connectivity index (χ1n) is 5.62. The molecule has 0 N–H and O–H groups in total. The van der Waals surface area contributed by atoms with Gasteiger partial charge in [0.2, 0.25) is 5.43 Å². The van der Waals surface area contributed by atoms with E-state index in [2.05, 4.69) is 66.7 Å². The summed E-state index contributed by atoms with van der Waals surface area (Å²) >= 11 is 2.14. The van der Waals surface area contributed by atoms with Crippen molar-refractivity contribution in [2.75, 3.05) is 3.11 Å². The van der Waals surface area contributed by atoms with E-state index < -0.39 is 0 Å². The number of hydrogen-bond acceptors (Lipinski definition) is 3. The van der Waals surface area contributed by atoms with Crippen LogP contribution in [0.1, 0.15) is 41.0 Å². The highest BCUT2D eigenvalue weighted by atomic mass is 127. The molecule has 0 aliphatic rings. The molecule has 0 saturated carbocycles. The summed E-state index contributed by atoms with van der Waals surface area (Å²) in [5.74, 6) is 0. The van der Waals surface area contributed by atoms with Crippen molar-refractivity contribution in [3.8, 4) is 0 Å². The lowest BCUT2D eigenvalue weighted by Crippen LogP contribution is -2.57. The van der Waals surface area contributed by atoms with Crippen LogP contribution >= 0.6 is 32.1 Å². The van der Waals surface area contributed by atoms with E-state index >= 15 is 0 Å². The van der Waals surface area contributed by atoms with Crippen LogP contribution in [0.4, 0.5) is 5.69 Å². The Labute approximate surface area is 118 Å². The van der Waals surface area contributed by atoms with E-state index in [1.807, 2.05) is 3.11 Å². The summed E-state index contributed by atoms with van der Waals surface area (Å²) in [6.45, 7) is 10.7. The molecule has 1 aromatic carbocycles. The van der Waals surface area contributed by atoms with Crippen LogP contribution in [0, 0.1) is 5.41 Å². The van der Waals surface area contributed by atoms with Crippen molar-refractivity contribution in [2.45, 2.75) is 46.6 Å². The van der Waals surface area contributed by atoms with Crippen LogP contribution in [0.15, 0.2) is 9.59 Å². The molecule has 0 amide bonds. The molecule has 0 aliphatic heterocycles. The molecule has 1 atom stereocenters. The molecule has 17 heavy (non-hydrogen) atoms. The van der Waals surface area contributed by atoms with Crippen LogP contribution in [0.2, 0.25) is 0 Å². The molecule has 0 radical (unpaired) electrons. The summed E-state index contributed by atoms with van der Waals surface area (Å²) < 4.78 is 1.92. The van der Waals surface area contributed by atoms with Crippen LogP contribution in [0.25, 0.3) is 0 Å². The van der Waals surface area contributed by atoms with Crippen LogP contribution < -0.4 is 19.3 Å². The molecular formula is C12H19INO2P. The zero-order valence-corrected chi connectivity index (χ0v) is 14.2. The molecule has 0 aliphatic carbocycles. The zero-order valence-electron chi connectivity index (χ0n) is 10.9. The van der Waals surface area contributed by atoms with Crippen molar-refractivity contribution < 1.29 is 0 Å². The number of hydrogen-bond donors (Lipinski definition) is 0. The van der Waals surface area contributed by atoms with Gasteiger partial charge in [-0.05, 0) is 25.7 Å². The Balaban J connectivity index is 3.19. The van der Waals surface area contributed by atoms with Crippen molar-refractivity contribution in [3.05, 3.63) is 20.4 Å². The largest absolute Gasteiger partial charge is 0.304 e. The van der Waals surface area contributed by atoms with Crippen molar-refractivity contribution in [1.29, 1.82) is 0 Å². The van der Waals surface area contributed by atoms with Crippen molar-refractivity contribution >= 4 is 43.1 Å². The predicted octanol–water partition coefficient (Wildman–Crippen LogP) is 2.15. The Hall–Kier alpha value is 0.0400. The Bertz CT molecular complexity index is 501. The molecule has 1 rings (SSSR count). The Morgan fingerprint density at radius 3 is 2.00 bits per heavy atom. The number of nitrogens with zero attached hydrogens (tertiary/aromatic N) is 1. The lowest BCUT2D eigenvalue weighted by molar-refractivity contribution is 0.204. The summed E-state index contributed by atoms with van der Waals surface area (Å²) in [6.07, 6.45) is 1.00. The minimum atomic E-state index is -0.378. The fraction of sp³-hybridized carbons (Fsp3) is 0.667. The molecule has 0 aromatic heterocycles. The summed E-state index contributed by atoms with van der Waals surface area (Å²) in [5.41, 5.74) is -0.366. The van der Waals surface area contributed by atoms with Gasteiger partial charge in [-0.1, -0.05) is 30.0 Å². The minimum absolute atomic E-state index is 0.0467. The SMILES string of the molecule is CCC(C)(C)C(C)(C)N(I)c1c(P)c(=O)c1=O. The van der Waals surface area contributed by atoms with Gasteiger partial charge in [-0.15, -0.1) is 0 Å². The molecule has 3 nitrogen and oxygen atoms in total. The predicted molar refractivity (Wildman–Crippen MR) is 85.3 cm³/mol. The van der Waals surface area contributed by atoms with E-state index in [1.165, 1.54) is 0 Å². The normalized spacial score (nSPS) is 13.1. The van der Waals surface area contributed by atoms with Gasteiger partial charge in [0.15, 0.2) is 0 Å². The van der Waals surface area contributed by atoms with Crippen LogP contribution in [-0.4, -0.2) is 5.54 Å². The molecule has 0 saturated heterocycles. The van der Waals surface area contributed by atoms with Gasteiger partial charge in [-0.2, -0.15) is 0 Å². The van der Waals surface area contributed by atoms with Crippen molar-refractivity contribution in [2.24, 2.45) is 5.41 Å². The highest BCUT2D eigenvalue weighted by Crippen LogP contribution is 2.41. The number of rotatable bonds is 4. The van der Waals surface area contributed by atoms with E-state index in [0.717, 1.165) is 6.42 Å². The van der Waals surface area contributed by atoms with E-state index in [9.17, 15) is 9.59 Å². The molecule has 1 unspecified atom stereocenters. The molecule has 5 heteroatoms. The third-order valence-corrected chi connectivity index (χ3v) is 6.37. The van der Waals surface area contributed by atoms with Gasteiger partial charge in [0.1, 0.15) is 5.69 Å². The first-order valence-corrected chi connectivity index (χ1v) is 7.17. The average Bonchev–Trinajstić information content (AvgIpc) is 2.28. The fourth-order valence-electron chi connectivity index (χ4n) is 1.57. The Morgan fingerprint density at radius 2 is 1.65 bits per heavy atom. The topological polar surface area (TPSA) is 37.4 Å². The molecule has 96 valence electrons. The number of anilines is 1. The van der Waals surface area contributed by atoms with Gasteiger partial charge in [0, 0.05) is 10.8 Å². The molecular weight excluding hydrogens is 348 g/mol. The minimum Gasteiger partial charge on any atom is -0.304 e. The highest BCUT2D eigenvalue weighted by Gasteiger charge is 2.42. The average molecular weight is 367 g/mol. The van der Waals surface area contributed by atoms with Gasteiger partial charge >= 0.3 is 0 Å². The van der Waals surface area contributed by atoms with Gasteiger partial charge in [-0.3, -0.25) is 9.59 Å². The highest BCUT2D eigenvalue weighted by molar-refractivity contribution is 14.1. The molecule has 1 aromatic rings. The zero-order chi connectivity index (χ0) is 13.6. The van der Waals surface area contributed by atoms with Crippen molar-refractivity contribution in [3.63, 3.8) is 0 Å². The lowest BCUT2D eigenvalue weighted by Gasteiger charge is -2.47. The Kier molecular flexibility index (Phi) is 4.10. The quantitative estimate of drug-likeness (QED) is 0.354. The first kappa shape index (κ1) is 15.1. The number of halogens is 1. The summed E-state index contributed by atoms with van der Waals surface area (Å²) in [7, 11) is 2.37. The first-order chi connectivity index (χ1) is 7.58. The second-order valence-corrected chi connectivity index (χ2v) is 7.04. The summed E-state index contributed by atoms with van der Waals surface area (Å²) in [4.78, 5) is 22.9. The maximum absolute atomic E-state index is 11.6. The summed E-state index contributed by atoms with van der Waals surface area (Å²) in [6, 6.07) is 0. The molecule has 0 spiro atoms. The molecule has 0 fully saturated rings. The smallest absolute Gasteiger partial charge is 0.251 e. The standard InChI is InChI=1S/C12H19INO2P/c1-6-11(2,3)12(4,5)14(13)7-8(15)9(16)10(7)17/h6,17H2,1-5H3. The van der Waals surface area contributed by atoms with E-state index in [-0.39, 0.29) is 21.8 Å². The van der Waals surface area contributed by atoms with Gasteiger partial charge < -0.3 is 3.11 Å². The third kappa shape index (κ3) is 2.19. The maximum Gasteiger partial charge on any atom is 0.251 e. The van der Waals surface area contributed by atoms with Gasteiger partial charge in [0.25, 0.3) is 5.43 Å². The van der Waals surface area contributed by atoms with Gasteiger partial charge in [0.05, 0.1) is 22.9 Å². The lowest BCUT2D eigenvalue weighted by atomic mass is 9.72. The molecule has 0 heterocycles. The van der Waals surface area contributed by atoms with Crippen LogP contribution in [0.3, 0.4) is 0 Å². The van der Waals surface area contributed by atoms with Crippen LogP contribution in [0.5, 0.6) is 0 Å². The van der Waals surface area contributed by atoms with E-state index in [0.29, 0.717) is 11.0 Å². The summed E-state index contributed by atoms with van der Waals surface area (Å²) in [5, 5.41) is 0.504. The second-order valence-electron chi connectivity index (χ2n) is 5.50. The van der Waals surface area contributed by atoms with Gasteiger partial charge in [-0.25, -0.2) is 0 Å². The van der Waals surface area contributed by atoms with Crippen LogP contribution in [-0.2, 0) is 0 Å². The third-order valence-electron chi connectivity index (χ3n) is 4.15. The molecule has 0 bridgehead atoms. The van der Waals surface area contributed by atoms with Crippen molar-refractivity contribution in [1.82, 2.24) is 0 Å².